The Bertz CT molecular complexity index is 975. The Morgan fingerprint density at radius 1 is 1.00 bits per heavy atom. The first-order valence-electron chi connectivity index (χ1n) is 9.66. The molecular formula is C23H22N2O4. The highest BCUT2D eigenvalue weighted by Gasteiger charge is 2.15. The average molecular weight is 390 g/mol. The summed E-state index contributed by atoms with van der Waals surface area (Å²) >= 11 is 0. The molecule has 0 unspecified atom stereocenters. The topological polar surface area (TPSA) is 96.3 Å². The fourth-order valence-corrected chi connectivity index (χ4v) is 3.36. The predicted octanol–water partition coefficient (Wildman–Crippen LogP) is 3.58. The maximum absolute atomic E-state index is 12.4. The maximum Gasteiger partial charge on any atom is 0.306 e. The van der Waals surface area contributed by atoms with Crippen molar-refractivity contribution >= 4 is 23.3 Å². The number of fused-ring (bicyclic) bond motifs is 1. The molecule has 0 heterocycles. The molecule has 2 aromatic carbocycles. The van der Waals surface area contributed by atoms with Gasteiger partial charge in [0, 0.05) is 12.0 Å². The van der Waals surface area contributed by atoms with Crippen LogP contribution in [0.4, 0.5) is 5.69 Å². The molecule has 0 aliphatic heterocycles. The normalized spacial score (nSPS) is 12.4. The van der Waals surface area contributed by atoms with Crippen LogP contribution in [-0.2, 0) is 27.2 Å². The zero-order valence-corrected chi connectivity index (χ0v) is 16.1. The number of nitrogens with zero attached hydrogens (tertiary/aromatic N) is 1. The van der Waals surface area contributed by atoms with Crippen LogP contribution < -0.4 is 5.32 Å². The summed E-state index contributed by atoms with van der Waals surface area (Å²) in [5.74, 6) is -1.26. The second-order valence-corrected chi connectivity index (χ2v) is 6.98. The van der Waals surface area contributed by atoms with Gasteiger partial charge in [0.25, 0.3) is 5.91 Å². The SMILES string of the molecule is N#Cc1ccccc1NC(=O)COC(=O)CCC(=O)c1ccc2c(c1)CCCC2. The summed E-state index contributed by atoms with van der Waals surface area (Å²) in [5, 5.41) is 11.5. The Balaban J connectivity index is 1.44. The van der Waals surface area contributed by atoms with Crippen LogP contribution in [0, 0.1) is 11.3 Å². The Hall–Kier alpha value is -3.46. The van der Waals surface area contributed by atoms with Gasteiger partial charge in [-0.25, -0.2) is 0 Å². The number of nitriles is 1. The summed E-state index contributed by atoms with van der Waals surface area (Å²) in [6.07, 6.45) is 4.31. The van der Waals surface area contributed by atoms with Crippen LogP contribution in [-0.4, -0.2) is 24.3 Å². The molecule has 0 aromatic heterocycles. The van der Waals surface area contributed by atoms with Crippen molar-refractivity contribution in [1.29, 1.82) is 5.26 Å². The smallest absolute Gasteiger partial charge is 0.306 e. The molecule has 0 radical (unpaired) electrons. The van der Waals surface area contributed by atoms with Crippen LogP contribution in [0.25, 0.3) is 0 Å². The number of Topliss-reactive ketones (excluding diaryl/α,β-unsaturated/α-hetero) is 1. The molecule has 0 fully saturated rings. The molecule has 1 aliphatic rings. The van der Waals surface area contributed by atoms with Crippen LogP contribution in [0.2, 0.25) is 0 Å². The van der Waals surface area contributed by atoms with Crippen molar-refractivity contribution in [1.82, 2.24) is 0 Å². The van der Waals surface area contributed by atoms with Gasteiger partial charge in [-0.2, -0.15) is 5.26 Å². The maximum atomic E-state index is 12.4. The minimum Gasteiger partial charge on any atom is -0.456 e. The summed E-state index contributed by atoms with van der Waals surface area (Å²) in [4.78, 5) is 36.2. The molecular weight excluding hydrogens is 368 g/mol. The molecule has 1 aliphatic carbocycles. The Labute approximate surface area is 169 Å². The minimum absolute atomic E-state index is 0.0382. The first-order chi connectivity index (χ1) is 14.1. The third-order valence-corrected chi connectivity index (χ3v) is 4.91. The number of ketones is 1. The van der Waals surface area contributed by atoms with Gasteiger partial charge in [-0.15, -0.1) is 0 Å². The van der Waals surface area contributed by atoms with Crippen LogP contribution in [0.5, 0.6) is 0 Å². The minimum atomic E-state index is -0.611. The fraction of sp³-hybridized carbons (Fsp3) is 0.304. The number of para-hydroxylation sites is 1. The third-order valence-electron chi connectivity index (χ3n) is 4.91. The number of carbonyl (C=O) groups is 3. The number of rotatable bonds is 7. The van der Waals surface area contributed by atoms with Crippen molar-refractivity contribution in [3.8, 4) is 6.07 Å². The first-order valence-corrected chi connectivity index (χ1v) is 9.66. The lowest BCUT2D eigenvalue weighted by Crippen LogP contribution is -2.21. The van der Waals surface area contributed by atoms with Crippen LogP contribution >= 0.6 is 0 Å². The molecule has 0 spiro atoms. The third kappa shape index (κ3) is 5.52. The molecule has 2 aromatic rings. The molecule has 6 nitrogen and oxygen atoms in total. The van der Waals surface area contributed by atoms with Crippen molar-refractivity contribution in [3.63, 3.8) is 0 Å². The van der Waals surface area contributed by atoms with Gasteiger partial charge < -0.3 is 10.1 Å². The molecule has 6 heteroatoms. The van der Waals surface area contributed by atoms with E-state index in [-0.39, 0.29) is 18.6 Å². The van der Waals surface area contributed by atoms with E-state index >= 15 is 0 Å². The van der Waals surface area contributed by atoms with Crippen molar-refractivity contribution in [2.45, 2.75) is 38.5 Å². The van der Waals surface area contributed by atoms with Gasteiger partial charge in [0.2, 0.25) is 0 Å². The van der Waals surface area contributed by atoms with E-state index in [4.69, 9.17) is 10.00 Å². The Kier molecular flexibility index (Phi) is 6.75. The molecule has 1 amide bonds. The number of benzene rings is 2. The summed E-state index contributed by atoms with van der Waals surface area (Å²) < 4.78 is 4.94. The fourth-order valence-electron chi connectivity index (χ4n) is 3.36. The van der Waals surface area contributed by atoms with Gasteiger partial charge in [0.15, 0.2) is 12.4 Å². The number of hydrogen-bond donors (Lipinski definition) is 1. The van der Waals surface area contributed by atoms with E-state index < -0.39 is 18.5 Å². The lowest BCUT2D eigenvalue weighted by Gasteiger charge is -2.16. The van der Waals surface area contributed by atoms with Gasteiger partial charge in [0.05, 0.1) is 17.7 Å². The van der Waals surface area contributed by atoms with Gasteiger partial charge in [-0.05, 0) is 55.0 Å². The Morgan fingerprint density at radius 3 is 2.55 bits per heavy atom. The van der Waals surface area contributed by atoms with Gasteiger partial charge >= 0.3 is 5.97 Å². The second kappa shape index (κ2) is 9.65. The first kappa shape index (κ1) is 20.3. The van der Waals surface area contributed by atoms with Crippen LogP contribution in [0.15, 0.2) is 42.5 Å². The lowest BCUT2D eigenvalue weighted by molar-refractivity contribution is -0.147. The van der Waals surface area contributed by atoms with Crippen LogP contribution in [0.3, 0.4) is 0 Å². The summed E-state index contributed by atoms with van der Waals surface area (Å²) in [5.41, 5.74) is 3.82. The molecule has 3 rings (SSSR count). The van der Waals surface area contributed by atoms with Crippen molar-refractivity contribution < 1.29 is 19.1 Å². The zero-order chi connectivity index (χ0) is 20.6. The number of ether oxygens (including phenoxy) is 1. The lowest BCUT2D eigenvalue weighted by atomic mass is 9.89. The molecule has 0 atom stereocenters. The number of carbonyl (C=O) groups excluding carboxylic acids is 3. The molecule has 29 heavy (non-hydrogen) atoms. The molecule has 148 valence electrons. The Morgan fingerprint density at radius 2 is 1.76 bits per heavy atom. The zero-order valence-electron chi connectivity index (χ0n) is 16.1. The number of hydrogen-bond acceptors (Lipinski definition) is 5. The monoisotopic (exact) mass is 390 g/mol. The number of aryl methyl sites for hydroxylation is 2. The largest absolute Gasteiger partial charge is 0.456 e. The highest BCUT2D eigenvalue weighted by atomic mass is 16.5. The van der Waals surface area contributed by atoms with Gasteiger partial charge in [-0.1, -0.05) is 24.3 Å². The van der Waals surface area contributed by atoms with E-state index in [9.17, 15) is 14.4 Å². The predicted molar refractivity (Wildman–Crippen MR) is 107 cm³/mol. The molecule has 0 bridgehead atoms. The van der Waals surface area contributed by atoms with Gasteiger partial charge in [-0.3, -0.25) is 14.4 Å². The molecule has 1 N–H and O–H groups in total. The average Bonchev–Trinajstić information content (AvgIpc) is 2.76. The van der Waals surface area contributed by atoms with Crippen molar-refractivity contribution in [3.05, 3.63) is 64.7 Å². The summed E-state index contributed by atoms with van der Waals surface area (Å²) in [6.45, 7) is -0.467. The molecule has 0 saturated carbocycles. The highest BCUT2D eigenvalue weighted by Crippen LogP contribution is 2.23. The van der Waals surface area contributed by atoms with Crippen molar-refractivity contribution in [2.24, 2.45) is 0 Å². The number of esters is 1. The van der Waals surface area contributed by atoms with E-state index in [0.717, 1.165) is 19.3 Å². The molecule has 0 saturated heterocycles. The van der Waals surface area contributed by atoms with E-state index in [1.807, 2.05) is 24.3 Å². The standard InChI is InChI=1S/C23H22N2O4/c24-14-19-7-3-4-8-20(19)25-22(27)15-29-23(28)12-11-21(26)18-10-9-16-5-1-2-6-17(16)13-18/h3-4,7-10,13H,1-2,5-6,11-12,15H2,(H,25,27). The van der Waals surface area contributed by atoms with Crippen molar-refractivity contribution in [2.75, 3.05) is 11.9 Å². The summed E-state index contributed by atoms with van der Waals surface area (Å²) in [7, 11) is 0. The van der Waals surface area contributed by atoms with E-state index in [1.54, 1.807) is 24.3 Å². The number of nitrogens with one attached hydrogen (secondary N) is 1. The second-order valence-electron chi connectivity index (χ2n) is 6.98. The van der Waals surface area contributed by atoms with Crippen LogP contribution in [0.1, 0.15) is 52.7 Å². The van der Waals surface area contributed by atoms with E-state index in [0.29, 0.717) is 16.8 Å². The van der Waals surface area contributed by atoms with E-state index in [1.165, 1.54) is 17.5 Å². The number of amides is 1. The summed E-state index contributed by atoms with van der Waals surface area (Å²) in [6, 6.07) is 14.3. The van der Waals surface area contributed by atoms with Gasteiger partial charge in [0.1, 0.15) is 6.07 Å². The quantitative estimate of drug-likeness (QED) is 0.576. The van der Waals surface area contributed by atoms with E-state index in [2.05, 4.69) is 5.32 Å². The number of anilines is 1. The highest BCUT2D eigenvalue weighted by molar-refractivity contribution is 5.98.